The molecule has 0 aromatic heterocycles. The summed E-state index contributed by atoms with van der Waals surface area (Å²) in [6.45, 7) is 0. The first-order valence-corrected chi connectivity index (χ1v) is 6.92. The number of hydrogen-bond acceptors (Lipinski definition) is 2. The minimum absolute atomic E-state index is 0.169. The molecule has 2 aromatic rings. The van der Waals surface area contributed by atoms with Gasteiger partial charge in [-0.25, -0.2) is 0 Å². The lowest BCUT2D eigenvalue weighted by Crippen LogP contribution is -2.16. The van der Waals surface area contributed by atoms with Crippen LogP contribution >= 0.6 is 23.2 Å². The number of hydrogen-bond donors (Lipinski definition) is 0. The van der Waals surface area contributed by atoms with Crippen molar-refractivity contribution >= 4 is 35.3 Å². The van der Waals surface area contributed by atoms with Crippen LogP contribution in [0.25, 0.3) is 0 Å². The van der Waals surface area contributed by atoms with Crippen LogP contribution in [0.15, 0.2) is 42.5 Å². The van der Waals surface area contributed by atoms with Gasteiger partial charge in [-0.15, -0.1) is 0 Å². The summed E-state index contributed by atoms with van der Waals surface area (Å²) in [5, 5.41) is 1.12. The lowest BCUT2D eigenvalue weighted by molar-refractivity contribution is -0.110. The highest BCUT2D eigenvalue weighted by Gasteiger charge is 2.40. The summed E-state index contributed by atoms with van der Waals surface area (Å²) >= 11 is 11.8. The van der Waals surface area contributed by atoms with E-state index in [-0.39, 0.29) is 11.7 Å². The fourth-order valence-electron chi connectivity index (χ4n) is 2.73. The first-order valence-electron chi connectivity index (χ1n) is 6.16. The second-order valence-electron chi connectivity index (χ2n) is 4.79. The molecule has 100 valence electrons. The Kier molecular flexibility index (Phi) is 3.36. The largest absolute Gasteiger partial charge is 0.303 e. The molecule has 0 N–H and O–H groups in total. The first-order chi connectivity index (χ1) is 9.61. The van der Waals surface area contributed by atoms with Crippen LogP contribution in [0.1, 0.15) is 27.4 Å². The third-order valence-corrected chi connectivity index (χ3v) is 4.14. The summed E-state index contributed by atoms with van der Waals surface area (Å²) in [7, 11) is 0. The highest BCUT2D eigenvalue weighted by atomic mass is 35.5. The third-order valence-electron chi connectivity index (χ3n) is 3.65. The molecular weight excluding hydrogens is 295 g/mol. The quantitative estimate of drug-likeness (QED) is 0.617. The van der Waals surface area contributed by atoms with Crippen LogP contribution in [-0.4, -0.2) is 12.1 Å². The number of benzene rings is 2. The predicted molar refractivity (Wildman–Crippen MR) is 78.6 cm³/mol. The van der Waals surface area contributed by atoms with Crippen molar-refractivity contribution in [1.29, 1.82) is 0 Å². The molecule has 0 saturated carbocycles. The van der Waals surface area contributed by atoms with Crippen molar-refractivity contribution in [3.8, 4) is 0 Å². The topological polar surface area (TPSA) is 34.1 Å². The van der Waals surface area contributed by atoms with Gasteiger partial charge in [0.25, 0.3) is 0 Å². The molecule has 1 aliphatic rings. The minimum atomic E-state index is -0.690. The average molecular weight is 305 g/mol. The molecule has 2 aromatic carbocycles. The molecule has 2 unspecified atom stereocenters. The maximum absolute atomic E-state index is 12.3. The van der Waals surface area contributed by atoms with E-state index in [2.05, 4.69) is 0 Å². The molecule has 0 heterocycles. The molecule has 3 rings (SSSR count). The number of carbonyl (C=O) groups excluding carboxylic acids is 2. The van der Waals surface area contributed by atoms with Crippen molar-refractivity contribution in [1.82, 2.24) is 0 Å². The van der Waals surface area contributed by atoms with Crippen LogP contribution < -0.4 is 0 Å². The molecule has 0 bridgehead atoms. The minimum Gasteiger partial charge on any atom is -0.303 e. The average Bonchev–Trinajstić information content (AvgIpc) is 2.72. The van der Waals surface area contributed by atoms with Crippen molar-refractivity contribution in [2.75, 3.05) is 0 Å². The zero-order valence-electron chi connectivity index (χ0n) is 10.3. The van der Waals surface area contributed by atoms with Crippen LogP contribution in [0.5, 0.6) is 0 Å². The van der Waals surface area contributed by atoms with Gasteiger partial charge in [-0.3, -0.25) is 4.79 Å². The van der Waals surface area contributed by atoms with E-state index >= 15 is 0 Å². The number of aldehydes is 1. The van der Waals surface area contributed by atoms with Crippen LogP contribution in [0.2, 0.25) is 10.0 Å². The molecule has 0 radical (unpaired) electrons. The fourth-order valence-corrected chi connectivity index (χ4v) is 3.03. The Morgan fingerprint density at radius 2 is 1.60 bits per heavy atom. The Morgan fingerprint density at radius 1 is 0.950 bits per heavy atom. The standard InChI is InChI=1S/C16H10Cl2O2/c17-10-3-1-9(2-4-10)15-12-6-5-11(18)7-13(12)16(20)14(15)8-19/h1-8,14-15H. The van der Waals surface area contributed by atoms with E-state index in [4.69, 9.17) is 23.2 Å². The highest BCUT2D eigenvalue weighted by molar-refractivity contribution is 6.31. The van der Waals surface area contributed by atoms with E-state index in [0.717, 1.165) is 17.4 Å². The molecule has 0 saturated heterocycles. The number of carbonyl (C=O) groups is 2. The number of fused-ring (bicyclic) bond motifs is 1. The zero-order chi connectivity index (χ0) is 14.3. The van der Waals surface area contributed by atoms with E-state index in [1.54, 1.807) is 24.3 Å². The molecule has 0 spiro atoms. The molecule has 1 aliphatic carbocycles. The summed E-state index contributed by atoms with van der Waals surface area (Å²) in [6.07, 6.45) is 0.718. The molecule has 0 amide bonds. The Hall–Kier alpha value is -1.64. The smallest absolute Gasteiger partial charge is 0.174 e. The number of ketones is 1. The second-order valence-corrected chi connectivity index (χ2v) is 5.66. The van der Waals surface area contributed by atoms with Crippen LogP contribution in [0, 0.1) is 5.92 Å². The molecule has 2 atom stereocenters. The Balaban J connectivity index is 2.17. The lowest BCUT2D eigenvalue weighted by Gasteiger charge is -2.15. The maximum atomic E-state index is 12.3. The van der Waals surface area contributed by atoms with Crippen LogP contribution in [0.3, 0.4) is 0 Å². The molecule has 4 heteroatoms. The van der Waals surface area contributed by atoms with E-state index in [1.807, 2.05) is 18.2 Å². The van der Waals surface area contributed by atoms with E-state index in [0.29, 0.717) is 15.6 Å². The van der Waals surface area contributed by atoms with Gasteiger partial charge in [-0.1, -0.05) is 41.4 Å². The van der Waals surface area contributed by atoms with Crippen LogP contribution in [0.4, 0.5) is 0 Å². The van der Waals surface area contributed by atoms with Gasteiger partial charge in [-0.2, -0.15) is 0 Å². The summed E-state index contributed by atoms with van der Waals surface area (Å²) in [5.74, 6) is -1.12. The van der Waals surface area contributed by atoms with Crippen molar-refractivity contribution in [2.24, 2.45) is 5.92 Å². The van der Waals surface area contributed by atoms with Crippen molar-refractivity contribution in [3.05, 3.63) is 69.2 Å². The monoisotopic (exact) mass is 304 g/mol. The van der Waals surface area contributed by atoms with Gasteiger partial charge >= 0.3 is 0 Å². The summed E-state index contributed by atoms with van der Waals surface area (Å²) in [4.78, 5) is 23.7. The van der Waals surface area contributed by atoms with Gasteiger partial charge in [0.15, 0.2) is 5.78 Å². The second kappa shape index (κ2) is 5.04. The number of halogens is 2. The summed E-state index contributed by atoms with van der Waals surface area (Å²) in [5.41, 5.74) is 2.29. The normalized spacial score (nSPS) is 20.8. The van der Waals surface area contributed by atoms with Gasteiger partial charge < -0.3 is 4.79 Å². The predicted octanol–water partition coefficient (Wildman–Crippen LogP) is 4.14. The summed E-state index contributed by atoms with van der Waals surface area (Å²) < 4.78 is 0. The Morgan fingerprint density at radius 3 is 2.25 bits per heavy atom. The Bertz CT molecular complexity index is 692. The van der Waals surface area contributed by atoms with E-state index in [1.165, 1.54) is 0 Å². The molecule has 2 nitrogen and oxygen atoms in total. The molecule has 0 fully saturated rings. The maximum Gasteiger partial charge on any atom is 0.174 e. The van der Waals surface area contributed by atoms with Gasteiger partial charge in [0.2, 0.25) is 0 Å². The number of Topliss-reactive ketones (excluding diaryl/α,β-unsaturated/α-hetero) is 1. The third kappa shape index (κ3) is 2.05. The zero-order valence-corrected chi connectivity index (χ0v) is 11.9. The van der Waals surface area contributed by atoms with Gasteiger partial charge in [0, 0.05) is 21.5 Å². The van der Waals surface area contributed by atoms with Gasteiger partial charge in [0.05, 0.1) is 5.92 Å². The van der Waals surface area contributed by atoms with E-state index in [9.17, 15) is 9.59 Å². The molecule has 0 aliphatic heterocycles. The number of rotatable bonds is 2. The Labute approximate surface area is 126 Å². The molecular formula is C16H10Cl2O2. The van der Waals surface area contributed by atoms with Crippen molar-refractivity contribution in [3.63, 3.8) is 0 Å². The fraction of sp³-hybridized carbons (Fsp3) is 0.125. The van der Waals surface area contributed by atoms with Crippen LogP contribution in [-0.2, 0) is 4.79 Å². The van der Waals surface area contributed by atoms with Gasteiger partial charge in [0.1, 0.15) is 6.29 Å². The van der Waals surface area contributed by atoms with E-state index < -0.39 is 5.92 Å². The SMILES string of the molecule is O=CC1C(=O)c2cc(Cl)ccc2C1c1ccc(Cl)cc1. The highest BCUT2D eigenvalue weighted by Crippen LogP contribution is 2.42. The molecule has 20 heavy (non-hydrogen) atoms. The lowest BCUT2D eigenvalue weighted by atomic mass is 9.86. The van der Waals surface area contributed by atoms with Crippen molar-refractivity contribution in [2.45, 2.75) is 5.92 Å². The summed E-state index contributed by atoms with van der Waals surface area (Å²) in [6, 6.07) is 12.4. The first kappa shape index (κ1) is 13.3. The van der Waals surface area contributed by atoms with Crippen molar-refractivity contribution < 1.29 is 9.59 Å². The van der Waals surface area contributed by atoms with Gasteiger partial charge in [-0.05, 0) is 35.4 Å².